The van der Waals surface area contributed by atoms with Crippen molar-refractivity contribution < 1.29 is 9.47 Å². The molecule has 0 fully saturated rings. The van der Waals surface area contributed by atoms with E-state index in [4.69, 9.17) is 9.47 Å². The van der Waals surface area contributed by atoms with Gasteiger partial charge in [0.1, 0.15) is 0 Å². The molecular formula is C59H37NO2. The summed E-state index contributed by atoms with van der Waals surface area (Å²) in [6, 6.07) is 80.6. The third-order valence-electron chi connectivity index (χ3n) is 13.1. The van der Waals surface area contributed by atoms with Crippen LogP contribution in [0.2, 0.25) is 0 Å². The van der Waals surface area contributed by atoms with E-state index in [1.165, 1.54) is 61.0 Å². The highest BCUT2D eigenvalue weighted by atomic mass is 16.6. The second-order valence-electron chi connectivity index (χ2n) is 16.4. The SMILES string of the molecule is c1ccc(-c2ccc(-c3ccc(N(c4ccc5ccccc5c4)c4cccc5c4Oc4cc6c(cc4O5)C4(c5ccccc5-c5ccccc54)c4ccccc4-6)cc3)cc2)cc1. The van der Waals surface area contributed by atoms with Gasteiger partial charge in [0.15, 0.2) is 23.0 Å². The van der Waals surface area contributed by atoms with Crippen LogP contribution in [0.1, 0.15) is 22.3 Å². The summed E-state index contributed by atoms with van der Waals surface area (Å²) in [7, 11) is 0. The van der Waals surface area contributed by atoms with Crippen LogP contribution in [0.15, 0.2) is 224 Å². The Morgan fingerprint density at radius 1 is 0.306 bits per heavy atom. The molecule has 0 radical (unpaired) electrons. The molecule has 0 saturated heterocycles. The van der Waals surface area contributed by atoms with Crippen molar-refractivity contribution in [2.75, 3.05) is 4.90 Å². The van der Waals surface area contributed by atoms with E-state index >= 15 is 0 Å². The Bertz CT molecular complexity index is 3360. The topological polar surface area (TPSA) is 21.7 Å². The van der Waals surface area contributed by atoms with Crippen molar-refractivity contribution in [3.8, 4) is 67.5 Å². The van der Waals surface area contributed by atoms with Crippen molar-refractivity contribution in [1.29, 1.82) is 0 Å². The number of rotatable bonds is 5. The summed E-state index contributed by atoms with van der Waals surface area (Å²) in [5, 5.41) is 2.35. The fourth-order valence-electron chi connectivity index (χ4n) is 10.4. The first-order chi connectivity index (χ1) is 30.7. The minimum Gasteiger partial charge on any atom is -0.449 e. The molecule has 2 aliphatic carbocycles. The van der Waals surface area contributed by atoms with Crippen molar-refractivity contribution in [2.45, 2.75) is 5.41 Å². The summed E-state index contributed by atoms with van der Waals surface area (Å²) < 4.78 is 14.1. The normalized spacial score (nSPS) is 13.2. The predicted molar refractivity (Wildman–Crippen MR) is 252 cm³/mol. The van der Waals surface area contributed by atoms with Crippen molar-refractivity contribution in [1.82, 2.24) is 0 Å². The number of hydrogen-bond acceptors (Lipinski definition) is 3. The monoisotopic (exact) mass is 791 g/mol. The van der Waals surface area contributed by atoms with E-state index < -0.39 is 5.41 Å². The molecule has 10 aromatic rings. The maximum absolute atomic E-state index is 7.12. The Hall–Kier alpha value is -8.14. The van der Waals surface area contributed by atoms with Gasteiger partial charge in [-0.25, -0.2) is 0 Å². The van der Waals surface area contributed by atoms with Crippen LogP contribution in [0.5, 0.6) is 23.0 Å². The van der Waals surface area contributed by atoms with Gasteiger partial charge in [0.05, 0.1) is 11.1 Å². The summed E-state index contributed by atoms with van der Waals surface area (Å²) in [6.07, 6.45) is 0. The lowest BCUT2D eigenvalue weighted by Gasteiger charge is -2.32. The first-order valence-corrected chi connectivity index (χ1v) is 21.2. The van der Waals surface area contributed by atoms with Gasteiger partial charge < -0.3 is 14.4 Å². The first kappa shape index (κ1) is 34.7. The highest BCUT2D eigenvalue weighted by Gasteiger charge is 2.52. The molecule has 3 aliphatic rings. The third-order valence-corrected chi connectivity index (χ3v) is 13.1. The van der Waals surface area contributed by atoms with Gasteiger partial charge in [-0.2, -0.15) is 0 Å². The Morgan fingerprint density at radius 3 is 1.48 bits per heavy atom. The molecule has 3 nitrogen and oxygen atoms in total. The van der Waals surface area contributed by atoms with Gasteiger partial charge in [0.25, 0.3) is 0 Å². The van der Waals surface area contributed by atoms with E-state index in [0.29, 0.717) is 23.0 Å². The standard InChI is InChI=1S/C59H37NO2/c1-2-13-38(14-3-1)40-25-27-41(28-26-40)42-29-32-44(33-30-42)60(45-34-31-39-15-4-5-16-43(39)35-45)54-23-12-24-55-58(54)62-56-36-49-48-19-8-11-22-52(48)59(53(49)37-57(56)61-55)50-20-9-6-17-46(50)47-18-7-10-21-51(47)59/h1-37H. The van der Waals surface area contributed by atoms with Crippen LogP contribution in [0.3, 0.4) is 0 Å². The average molecular weight is 792 g/mol. The van der Waals surface area contributed by atoms with Crippen LogP contribution in [-0.2, 0) is 5.41 Å². The van der Waals surface area contributed by atoms with Crippen LogP contribution in [-0.4, -0.2) is 0 Å². The fourth-order valence-corrected chi connectivity index (χ4v) is 10.4. The van der Waals surface area contributed by atoms with E-state index in [0.717, 1.165) is 33.6 Å². The lowest BCUT2D eigenvalue weighted by atomic mass is 9.70. The van der Waals surface area contributed by atoms with Gasteiger partial charge in [-0.3, -0.25) is 0 Å². The van der Waals surface area contributed by atoms with Crippen molar-refractivity contribution in [3.63, 3.8) is 0 Å². The summed E-state index contributed by atoms with van der Waals surface area (Å²) in [4.78, 5) is 2.28. The summed E-state index contributed by atoms with van der Waals surface area (Å²) in [5.41, 5.74) is 17.2. The van der Waals surface area contributed by atoms with Crippen molar-refractivity contribution in [2.24, 2.45) is 0 Å². The lowest BCUT2D eigenvalue weighted by molar-refractivity contribution is 0.360. The first-order valence-electron chi connectivity index (χ1n) is 21.2. The fraction of sp³-hybridized carbons (Fsp3) is 0.0169. The van der Waals surface area contributed by atoms with Crippen LogP contribution >= 0.6 is 0 Å². The van der Waals surface area contributed by atoms with E-state index in [-0.39, 0.29) is 0 Å². The highest BCUT2D eigenvalue weighted by molar-refractivity contribution is 5.96. The molecule has 3 heteroatoms. The number of ether oxygens (including phenoxy) is 2. The van der Waals surface area contributed by atoms with Crippen molar-refractivity contribution >= 4 is 27.8 Å². The van der Waals surface area contributed by atoms with Gasteiger partial charge in [0, 0.05) is 11.4 Å². The molecule has 10 aromatic carbocycles. The number of hydrogen-bond donors (Lipinski definition) is 0. The molecule has 13 rings (SSSR count). The highest BCUT2D eigenvalue weighted by Crippen LogP contribution is 2.65. The molecule has 1 spiro atoms. The van der Waals surface area contributed by atoms with Gasteiger partial charge >= 0.3 is 0 Å². The smallest absolute Gasteiger partial charge is 0.194 e. The van der Waals surface area contributed by atoms with Crippen LogP contribution in [0, 0.1) is 0 Å². The van der Waals surface area contributed by atoms with E-state index in [1.807, 2.05) is 6.07 Å². The quantitative estimate of drug-likeness (QED) is 0.173. The second kappa shape index (κ2) is 13.4. The summed E-state index contributed by atoms with van der Waals surface area (Å²) >= 11 is 0. The number of anilines is 3. The zero-order valence-electron chi connectivity index (χ0n) is 33.6. The molecule has 1 heterocycles. The molecule has 0 N–H and O–H groups in total. The average Bonchev–Trinajstić information content (AvgIpc) is 3.80. The Balaban J connectivity index is 0.931. The molecular weight excluding hydrogens is 755 g/mol. The molecule has 0 saturated carbocycles. The van der Waals surface area contributed by atoms with Crippen molar-refractivity contribution in [3.05, 3.63) is 247 Å². The van der Waals surface area contributed by atoms with E-state index in [9.17, 15) is 0 Å². The number of fused-ring (bicyclic) bond motifs is 13. The predicted octanol–water partition coefficient (Wildman–Crippen LogP) is 15.9. The van der Waals surface area contributed by atoms with Crippen LogP contribution < -0.4 is 14.4 Å². The Morgan fingerprint density at radius 2 is 0.823 bits per heavy atom. The molecule has 290 valence electrons. The van der Waals surface area contributed by atoms with Gasteiger partial charge in [-0.1, -0.05) is 176 Å². The zero-order valence-corrected chi connectivity index (χ0v) is 33.6. The Labute approximate surface area is 360 Å². The number of para-hydroxylation sites is 1. The summed E-state index contributed by atoms with van der Waals surface area (Å²) in [6.45, 7) is 0. The molecule has 0 unspecified atom stereocenters. The zero-order chi connectivity index (χ0) is 40.8. The number of benzene rings is 10. The molecule has 0 aromatic heterocycles. The molecule has 0 bridgehead atoms. The van der Waals surface area contributed by atoms with Gasteiger partial charge in [-0.15, -0.1) is 0 Å². The maximum atomic E-state index is 7.12. The summed E-state index contributed by atoms with van der Waals surface area (Å²) in [5.74, 6) is 2.75. The van der Waals surface area contributed by atoms with E-state index in [1.54, 1.807) is 0 Å². The Kier molecular flexibility index (Phi) is 7.52. The van der Waals surface area contributed by atoms with Crippen LogP contribution in [0.4, 0.5) is 17.1 Å². The lowest BCUT2D eigenvalue weighted by Crippen LogP contribution is -2.25. The van der Waals surface area contributed by atoms with Crippen LogP contribution in [0.25, 0.3) is 55.3 Å². The second-order valence-corrected chi connectivity index (χ2v) is 16.4. The van der Waals surface area contributed by atoms with Gasteiger partial charge in [-0.05, 0) is 126 Å². The van der Waals surface area contributed by atoms with Gasteiger partial charge in [0.2, 0.25) is 0 Å². The third kappa shape index (κ3) is 5.06. The minimum absolute atomic E-state index is 0.470. The minimum atomic E-state index is -0.470. The number of nitrogens with zero attached hydrogens (tertiary/aromatic N) is 1. The maximum Gasteiger partial charge on any atom is 0.194 e. The van der Waals surface area contributed by atoms with E-state index in [2.05, 4.69) is 223 Å². The molecule has 1 aliphatic heterocycles. The molecule has 0 atom stereocenters. The largest absolute Gasteiger partial charge is 0.449 e. The molecule has 62 heavy (non-hydrogen) atoms. The molecule has 0 amide bonds.